The number of rotatable bonds is 4. The summed E-state index contributed by atoms with van der Waals surface area (Å²) >= 11 is 0. The molecule has 5 heteroatoms. The number of nitrogens with zero attached hydrogens (tertiary/aromatic N) is 1. The number of carbonyl (C=O) groups is 1. The fourth-order valence-corrected chi connectivity index (χ4v) is 2.62. The van der Waals surface area contributed by atoms with E-state index in [1.807, 2.05) is 6.92 Å². The van der Waals surface area contributed by atoms with Crippen molar-refractivity contribution in [2.24, 2.45) is 11.7 Å². The summed E-state index contributed by atoms with van der Waals surface area (Å²) in [5.74, 6) is -0.154. The highest BCUT2D eigenvalue weighted by atomic mass is 19.1. The van der Waals surface area contributed by atoms with Gasteiger partial charge in [0.25, 0.3) is 0 Å². The van der Waals surface area contributed by atoms with Gasteiger partial charge in [0, 0.05) is 12.6 Å². The Balaban J connectivity index is 1.87. The maximum atomic E-state index is 13.5. The van der Waals surface area contributed by atoms with Crippen molar-refractivity contribution in [1.82, 2.24) is 4.90 Å². The van der Waals surface area contributed by atoms with Crippen LogP contribution < -0.4 is 11.1 Å². The summed E-state index contributed by atoms with van der Waals surface area (Å²) < 4.78 is 13.5. The Morgan fingerprint density at radius 1 is 1.55 bits per heavy atom. The van der Waals surface area contributed by atoms with Crippen molar-refractivity contribution in [3.63, 3.8) is 0 Å². The van der Waals surface area contributed by atoms with Gasteiger partial charge in [0.2, 0.25) is 5.91 Å². The number of hydrogen-bond acceptors (Lipinski definition) is 3. The Kier molecular flexibility index (Phi) is 5.09. The van der Waals surface area contributed by atoms with Crippen LogP contribution in [0.2, 0.25) is 0 Å². The minimum Gasteiger partial charge on any atom is -0.328 e. The maximum absolute atomic E-state index is 13.5. The summed E-state index contributed by atoms with van der Waals surface area (Å²) in [5.41, 5.74) is 6.16. The number of piperidine rings is 1. The zero-order chi connectivity index (χ0) is 14.5. The standard InChI is InChI=1S/C15H22FN3O/c1-11(17)12-5-4-8-19(9-12)10-15(20)18-14-7-3-2-6-13(14)16/h2-3,6-7,11-12H,4-5,8-10,17H2,1H3,(H,18,20). The second-order valence-corrected chi connectivity index (χ2v) is 5.52. The lowest BCUT2D eigenvalue weighted by Crippen LogP contribution is -2.45. The van der Waals surface area contributed by atoms with Gasteiger partial charge >= 0.3 is 0 Å². The molecule has 1 aromatic carbocycles. The Bertz CT molecular complexity index is 464. The lowest BCUT2D eigenvalue weighted by molar-refractivity contribution is -0.117. The van der Waals surface area contributed by atoms with Crippen LogP contribution in [0.25, 0.3) is 0 Å². The lowest BCUT2D eigenvalue weighted by Gasteiger charge is -2.34. The molecule has 20 heavy (non-hydrogen) atoms. The number of hydrogen-bond donors (Lipinski definition) is 2. The van der Waals surface area contributed by atoms with Crippen molar-refractivity contribution in [2.75, 3.05) is 25.0 Å². The van der Waals surface area contributed by atoms with E-state index in [0.29, 0.717) is 5.92 Å². The molecule has 3 N–H and O–H groups in total. The molecular weight excluding hydrogens is 257 g/mol. The molecule has 2 unspecified atom stereocenters. The minimum absolute atomic E-state index is 0.146. The summed E-state index contributed by atoms with van der Waals surface area (Å²) in [5, 5.41) is 2.61. The highest BCUT2D eigenvalue weighted by Gasteiger charge is 2.24. The summed E-state index contributed by atoms with van der Waals surface area (Å²) in [7, 11) is 0. The second kappa shape index (κ2) is 6.81. The van der Waals surface area contributed by atoms with E-state index in [9.17, 15) is 9.18 Å². The van der Waals surface area contributed by atoms with E-state index in [-0.39, 0.29) is 24.2 Å². The van der Waals surface area contributed by atoms with Gasteiger partial charge in [-0.2, -0.15) is 0 Å². The van der Waals surface area contributed by atoms with E-state index < -0.39 is 5.82 Å². The molecule has 2 rings (SSSR count). The van der Waals surface area contributed by atoms with E-state index in [1.54, 1.807) is 18.2 Å². The Hall–Kier alpha value is -1.46. The van der Waals surface area contributed by atoms with E-state index >= 15 is 0 Å². The molecule has 0 aliphatic carbocycles. The first-order chi connectivity index (χ1) is 9.56. The number of anilines is 1. The van der Waals surface area contributed by atoms with Crippen LogP contribution in [0.15, 0.2) is 24.3 Å². The van der Waals surface area contributed by atoms with Gasteiger partial charge in [0.15, 0.2) is 0 Å². The zero-order valence-corrected chi connectivity index (χ0v) is 11.8. The summed E-state index contributed by atoms with van der Waals surface area (Å²) in [4.78, 5) is 14.0. The fraction of sp³-hybridized carbons (Fsp3) is 0.533. The van der Waals surface area contributed by atoms with Crippen LogP contribution >= 0.6 is 0 Å². The molecular formula is C15H22FN3O. The van der Waals surface area contributed by atoms with Crippen molar-refractivity contribution in [1.29, 1.82) is 0 Å². The van der Waals surface area contributed by atoms with Crippen LogP contribution in [-0.2, 0) is 4.79 Å². The number of nitrogens with one attached hydrogen (secondary N) is 1. The molecule has 2 atom stereocenters. The molecule has 1 amide bonds. The molecule has 1 saturated heterocycles. The number of amides is 1. The lowest BCUT2D eigenvalue weighted by atomic mass is 9.92. The quantitative estimate of drug-likeness (QED) is 0.884. The van der Waals surface area contributed by atoms with Gasteiger partial charge in [-0.05, 0) is 44.4 Å². The zero-order valence-electron chi connectivity index (χ0n) is 11.8. The molecule has 4 nitrogen and oxygen atoms in total. The van der Waals surface area contributed by atoms with Crippen LogP contribution in [0.4, 0.5) is 10.1 Å². The highest BCUT2D eigenvalue weighted by Crippen LogP contribution is 2.19. The van der Waals surface area contributed by atoms with Crippen molar-refractivity contribution in [3.05, 3.63) is 30.1 Å². The van der Waals surface area contributed by atoms with Gasteiger partial charge < -0.3 is 11.1 Å². The predicted molar refractivity (Wildman–Crippen MR) is 77.8 cm³/mol. The molecule has 0 bridgehead atoms. The summed E-state index contributed by atoms with van der Waals surface area (Å²) in [6, 6.07) is 6.35. The van der Waals surface area contributed by atoms with Gasteiger partial charge in [-0.3, -0.25) is 9.69 Å². The number of halogens is 1. The van der Waals surface area contributed by atoms with Crippen LogP contribution in [0.3, 0.4) is 0 Å². The maximum Gasteiger partial charge on any atom is 0.238 e. The normalized spacial score (nSPS) is 21.4. The third kappa shape index (κ3) is 4.02. The number of para-hydroxylation sites is 1. The smallest absolute Gasteiger partial charge is 0.238 e. The van der Waals surface area contributed by atoms with Crippen molar-refractivity contribution in [3.8, 4) is 0 Å². The molecule has 1 aliphatic rings. The Morgan fingerprint density at radius 3 is 3.00 bits per heavy atom. The van der Waals surface area contributed by atoms with Crippen LogP contribution in [0, 0.1) is 11.7 Å². The molecule has 1 heterocycles. The monoisotopic (exact) mass is 279 g/mol. The predicted octanol–water partition coefficient (Wildman–Crippen LogP) is 1.82. The first kappa shape index (κ1) is 14.9. The summed E-state index contributed by atoms with van der Waals surface area (Å²) in [6.07, 6.45) is 2.17. The number of carbonyl (C=O) groups excluding carboxylic acids is 1. The van der Waals surface area contributed by atoms with E-state index in [0.717, 1.165) is 25.9 Å². The molecule has 0 radical (unpaired) electrons. The molecule has 110 valence electrons. The largest absolute Gasteiger partial charge is 0.328 e. The molecule has 0 saturated carbocycles. The molecule has 1 aromatic rings. The topological polar surface area (TPSA) is 58.4 Å². The molecule has 0 aromatic heterocycles. The Morgan fingerprint density at radius 2 is 2.30 bits per heavy atom. The van der Waals surface area contributed by atoms with Gasteiger partial charge in [-0.25, -0.2) is 4.39 Å². The molecule has 1 fully saturated rings. The highest BCUT2D eigenvalue weighted by molar-refractivity contribution is 5.92. The Labute approximate surface area is 119 Å². The molecule has 0 spiro atoms. The third-order valence-corrected chi connectivity index (χ3v) is 3.80. The first-order valence-electron chi connectivity index (χ1n) is 7.08. The van der Waals surface area contributed by atoms with Gasteiger partial charge in [-0.15, -0.1) is 0 Å². The third-order valence-electron chi connectivity index (χ3n) is 3.80. The van der Waals surface area contributed by atoms with Crippen LogP contribution in [0.1, 0.15) is 19.8 Å². The second-order valence-electron chi connectivity index (χ2n) is 5.52. The average molecular weight is 279 g/mol. The van der Waals surface area contributed by atoms with Crippen molar-refractivity contribution in [2.45, 2.75) is 25.8 Å². The van der Waals surface area contributed by atoms with Crippen LogP contribution in [0.5, 0.6) is 0 Å². The van der Waals surface area contributed by atoms with Crippen molar-refractivity contribution < 1.29 is 9.18 Å². The molecule has 1 aliphatic heterocycles. The summed E-state index contributed by atoms with van der Waals surface area (Å²) in [6.45, 7) is 4.03. The average Bonchev–Trinajstić information content (AvgIpc) is 2.41. The van der Waals surface area contributed by atoms with E-state index in [4.69, 9.17) is 5.73 Å². The van der Waals surface area contributed by atoms with Gasteiger partial charge in [0.1, 0.15) is 5.82 Å². The minimum atomic E-state index is -0.409. The SMILES string of the molecule is CC(N)C1CCCN(CC(=O)Nc2ccccc2F)C1. The fourth-order valence-electron chi connectivity index (χ4n) is 2.62. The number of benzene rings is 1. The number of nitrogens with two attached hydrogens (primary N) is 1. The first-order valence-corrected chi connectivity index (χ1v) is 7.08. The van der Waals surface area contributed by atoms with Gasteiger partial charge in [0.05, 0.1) is 12.2 Å². The van der Waals surface area contributed by atoms with Crippen molar-refractivity contribution >= 4 is 11.6 Å². The van der Waals surface area contributed by atoms with Gasteiger partial charge in [-0.1, -0.05) is 12.1 Å². The van der Waals surface area contributed by atoms with Crippen LogP contribution in [-0.4, -0.2) is 36.5 Å². The van der Waals surface area contributed by atoms with E-state index in [1.165, 1.54) is 6.07 Å². The van der Waals surface area contributed by atoms with E-state index in [2.05, 4.69) is 10.2 Å². The number of likely N-dealkylation sites (tertiary alicyclic amines) is 1.